The largest absolute Gasteiger partial charge is 0.490 e. The van der Waals surface area contributed by atoms with Gasteiger partial charge in [-0.05, 0) is 63.6 Å². The Morgan fingerprint density at radius 1 is 1.20 bits per heavy atom. The number of carbonyl (C=O) groups is 2. The molecule has 2 aliphatic heterocycles. The van der Waals surface area contributed by atoms with Crippen molar-refractivity contribution in [3.63, 3.8) is 0 Å². The first-order chi connectivity index (χ1) is 16.8. The maximum Gasteiger partial charge on any atom is 0.338 e. The molecule has 0 fully saturated rings. The Kier molecular flexibility index (Phi) is 5.80. The maximum absolute atomic E-state index is 13.1. The van der Waals surface area contributed by atoms with E-state index in [0.29, 0.717) is 22.5 Å². The minimum absolute atomic E-state index is 0.119. The molecule has 35 heavy (non-hydrogen) atoms. The Morgan fingerprint density at radius 2 is 1.97 bits per heavy atom. The van der Waals surface area contributed by atoms with Crippen molar-refractivity contribution < 1.29 is 19.1 Å². The van der Waals surface area contributed by atoms with Gasteiger partial charge in [-0.2, -0.15) is 5.10 Å². The predicted molar refractivity (Wildman–Crippen MR) is 131 cm³/mol. The molecular formula is C27H28N4O4. The van der Waals surface area contributed by atoms with Crippen LogP contribution in [0.5, 0.6) is 5.75 Å². The number of nitrogens with one attached hydrogen (secondary N) is 2. The van der Waals surface area contributed by atoms with Crippen LogP contribution >= 0.6 is 0 Å². The van der Waals surface area contributed by atoms with Crippen molar-refractivity contribution in [1.29, 1.82) is 0 Å². The Hall–Kier alpha value is -4.07. The lowest BCUT2D eigenvalue weighted by Gasteiger charge is -2.28. The third kappa shape index (κ3) is 4.39. The van der Waals surface area contributed by atoms with Gasteiger partial charge in [-0.15, -0.1) is 0 Å². The van der Waals surface area contributed by atoms with Gasteiger partial charge in [0.1, 0.15) is 11.9 Å². The van der Waals surface area contributed by atoms with Crippen molar-refractivity contribution in [3.05, 3.63) is 77.1 Å². The van der Waals surface area contributed by atoms with Gasteiger partial charge in [0.15, 0.2) is 0 Å². The average Bonchev–Trinajstić information content (AvgIpc) is 3.41. The first kappa shape index (κ1) is 22.7. The Bertz CT molecular complexity index is 1330. The fraction of sp³-hybridized carbons (Fsp3) is 0.296. The number of hydrogen-bond donors (Lipinski definition) is 2. The second-order valence-electron chi connectivity index (χ2n) is 9.19. The molecule has 1 aromatic heterocycles. The number of fused-ring (bicyclic) bond motifs is 1. The lowest BCUT2D eigenvalue weighted by atomic mass is 9.93. The van der Waals surface area contributed by atoms with Crippen molar-refractivity contribution in [2.24, 2.45) is 0 Å². The molecule has 8 nitrogen and oxygen atoms in total. The molecular weight excluding hydrogens is 444 g/mol. The van der Waals surface area contributed by atoms with Crippen LogP contribution in [0.2, 0.25) is 0 Å². The summed E-state index contributed by atoms with van der Waals surface area (Å²) < 4.78 is 13.2. The lowest BCUT2D eigenvalue weighted by Crippen LogP contribution is -2.45. The van der Waals surface area contributed by atoms with Crippen molar-refractivity contribution in [1.82, 2.24) is 20.4 Å². The molecule has 2 atom stereocenters. The standard InChI is InChI=1S/C27H28N4O4/c1-15(2)34-26(32)23-17(4)28-27(33)29-25(23)21-14-31(20-8-6-5-7-9-20)30-24(21)18-10-11-22-19(13-18)12-16(3)35-22/h5-11,13-16,25H,12H2,1-4H3,(H2,28,29,33)/t16-,25+/m1/s1. The number of esters is 1. The Labute approximate surface area is 203 Å². The number of urea groups is 1. The van der Waals surface area contributed by atoms with Gasteiger partial charge < -0.3 is 20.1 Å². The van der Waals surface area contributed by atoms with Crippen molar-refractivity contribution in [2.45, 2.75) is 52.4 Å². The molecule has 2 amide bonds. The van der Waals surface area contributed by atoms with Gasteiger partial charge in [-0.3, -0.25) is 0 Å². The predicted octanol–water partition coefficient (Wildman–Crippen LogP) is 4.44. The molecule has 2 aliphatic rings. The number of benzene rings is 2. The number of nitrogens with zero attached hydrogens (tertiary/aromatic N) is 2. The Balaban J connectivity index is 1.67. The molecule has 180 valence electrons. The van der Waals surface area contributed by atoms with Crippen LogP contribution in [0, 0.1) is 0 Å². The first-order valence-corrected chi connectivity index (χ1v) is 11.7. The van der Waals surface area contributed by atoms with E-state index >= 15 is 0 Å². The van der Waals surface area contributed by atoms with Gasteiger partial charge in [-0.25, -0.2) is 14.3 Å². The molecule has 0 bridgehead atoms. The molecule has 3 aromatic rings. The van der Waals surface area contributed by atoms with Crippen molar-refractivity contribution in [2.75, 3.05) is 0 Å². The molecule has 0 unspecified atom stereocenters. The zero-order chi connectivity index (χ0) is 24.7. The fourth-order valence-corrected chi connectivity index (χ4v) is 4.58. The highest BCUT2D eigenvalue weighted by atomic mass is 16.5. The second-order valence-corrected chi connectivity index (χ2v) is 9.19. The van der Waals surface area contributed by atoms with E-state index in [2.05, 4.69) is 16.7 Å². The van der Waals surface area contributed by atoms with E-state index in [-0.39, 0.29) is 18.2 Å². The molecule has 8 heteroatoms. The van der Waals surface area contributed by atoms with Gasteiger partial charge in [0.25, 0.3) is 0 Å². The molecule has 0 radical (unpaired) electrons. The quantitative estimate of drug-likeness (QED) is 0.536. The van der Waals surface area contributed by atoms with Gasteiger partial charge >= 0.3 is 12.0 Å². The summed E-state index contributed by atoms with van der Waals surface area (Å²) in [6.45, 7) is 7.34. The third-order valence-corrected chi connectivity index (χ3v) is 6.08. The number of carbonyl (C=O) groups excluding carboxylic acids is 2. The highest BCUT2D eigenvalue weighted by Crippen LogP contribution is 2.38. The second kappa shape index (κ2) is 8.94. The number of para-hydroxylation sites is 1. The van der Waals surface area contributed by atoms with Crippen LogP contribution in [0.15, 0.2) is 66.0 Å². The molecule has 0 saturated heterocycles. The summed E-state index contributed by atoms with van der Waals surface area (Å²) in [4.78, 5) is 25.6. The van der Waals surface area contributed by atoms with Crippen LogP contribution in [-0.2, 0) is 16.0 Å². The van der Waals surface area contributed by atoms with Gasteiger partial charge in [0.05, 0.1) is 29.1 Å². The summed E-state index contributed by atoms with van der Waals surface area (Å²) in [5.41, 5.74) is 5.04. The minimum atomic E-state index is -0.731. The topological polar surface area (TPSA) is 94.5 Å². The SMILES string of the molecule is CC1=C(C(=O)OC(C)C)[C@H](c2cn(-c3ccccc3)nc2-c2ccc3c(c2)C[C@@H](C)O3)NC(=O)N1. The lowest BCUT2D eigenvalue weighted by molar-refractivity contribution is -0.143. The van der Waals surface area contributed by atoms with Gasteiger partial charge in [0, 0.05) is 29.4 Å². The summed E-state index contributed by atoms with van der Waals surface area (Å²) in [6, 6.07) is 14.6. The number of amides is 2. The van der Waals surface area contributed by atoms with Crippen LogP contribution in [0.1, 0.15) is 44.9 Å². The van der Waals surface area contributed by atoms with E-state index < -0.39 is 12.0 Å². The zero-order valence-electron chi connectivity index (χ0n) is 20.2. The summed E-state index contributed by atoms with van der Waals surface area (Å²) in [6.07, 6.45) is 2.50. The van der Waals surface area contributed by atoms with Crippen LogP contribution in [0.3, 0.4) is 0 Å². The van der Waals surface area contributed by atoms with Gasteiger partial charge in [0.2, 0.25) is 0 Å². The smallest absolute Gasteiger partial charge is 0.338 e. The van der Waals surface area contributed by atoms with E-state index in [4.69, 9.17) is 14.6 Å². The van der Waals surface area contributed by atoms with E-state index in [0.717, 1.165) is 29.0 Å². The maximum atomic E-state index is 13.1. The summed E-state index contributed by atoms with van der Waals surface area (Å²) in [7, 11) is 0. The monoisotopic (exact) mass is 472 g/mol. The molecule has 3 heterocycles. The van der Waals surface area contributed by atoms with E-state index in [9.17, 15) is 9.59 Å². The average molecular weight is 473 g/mol. The third-order valence-electron chi connectivity index (χ3n) is 6.08. The number of allylic oxidation sites excluding steroid dienone is 1. The Morgan fingerprint density at radius 3 is 2.71 bits per heavy atom. The van der Waals surface area contributed by atoms with Gasteiger partial charge in [-0.1, -0.05) is 18.2 Å². The molecule has 2 aromatic carbocycles. The number of aromatic nitrogens is 2. The number of hydrogen-bond acceptors (Lipinski definition) is 5. The van der Waals surface area contributed by atoms with E-state index in [1.807, 2.05) is 55.6 Å². The molecule has 2 N–H and O–H groups in total. The molecule has 0 spiro atoms. The van der Waals surface area contributed by atoms with Crippen LogP contribution in [0.25, 0.3) is 16.9 Å². The molecule has 0 aliphatic carbocycles. The highest BCUT2D eigenvalue weighted by Gasteiger charge is 2.36. The van der Waals surface area contributed by atoms with E-state index in [1.54, 1.807) is 25.5 Å². The highest BCUT2D eigenvalue weighted by molar-refractivity contribution is 5.95. The van der Waals surface area contributed by atoms with Crippen LogP contribution in [-0.4, -0.2) is 34.0 Å². The molecule has 0 saturated carbocycles. The summed E-state index contributed by atoms with van der Waals surface area (Å²) in [5.74, 6) is 0.391. The summed E-state index contributed by atoms with van der Waals surface area (Å²) >= 11 is 0. The number of ether oxygens (including phenoxy) is 2. The van der Waals surface area contributed by atoms with Crippen LogP contribution < -0.4 is 15.4 Å². The summed E-state index contributed by atoms with van der Waals surface area (Å²) in [5, 5.41) is 10.5. The van der Waals surface area contributed by atoms with Crippen LogP contribution in [0.4, 0.5) is 4.79 Å². The number of rotatable bonds is 5. The minimum Gasteiger partial charge on any atom is -0.490 e. The normalized spacial score (nSPS) is 19.2. The first-order valence-electron chi connectivity index (χ1n) is 11.7. The van der Waals surface area contributed by atoms with Crippen molar-refractivity contribution in [3.8, 4) is 22.7 Å². The van der Waals surface area contributed by atoms with E-state index in [1.165, 1.54) is 0 Å². The zero-order valence-corrected chi connectivity index (χ0v) is 20.2. The fourth-order valence-electron chi connectivity index (χ4n) is 4.58. The van der Waals surface area contributed by atoms with Crippen molar-refractivity contribution >= 4 is 12.0 Å². The molecule has 5 rings (SSSR count).